The second-order valence-electron chi connectivity index (χ2n) is 5.68. The third-order valence-corrected chi connectivity index (χ3v) is 3.74. The van der Waals surface area contributed by atoms with Gasteiger partial charge in [0.1, 0.15) is 5.75 Å². The zero-order valence-corrected chi connectivity index (χ0v) is 12.6. The quantitative estimate of drug-likeness (QED) is 0.744. The standard InChI is InChI=1S/C16H24N2O2/c1-13-6-4-7-15(10-13)20-9-5-8-16(19)18-11-14(12-18)17(2)3/h4,6-7,10,14H,5,8-9,11-12H2,1-3H3. The first-order valence-electron chi connectivity index (χ1n) is 7.20. The number of likely N-dealkylation sites (tertiary alicyclic amines) is 1. The summed E-state index contributed by atoms with van der Waals surface area (Å²) in [6.45, 7) is 4.37. The maximum atomic E-state index is 11.9. The summed E-state index contributed by atoms with van der Waals surface area (Å²) in [4.78, 5) is 16.0. The molecule has 0 bridgehead atoms. The van der Waals surface area contributed by atoms with E-state index in [1.807, 2.05) is 36.1 Å². The number of carbonyl (C=O) groups is 1. The molecule has 0 spiro atoms. The largest absolute Gasteiger partial charge is 0.494 e. The Morgan fingerprint density at radius 2 is 2.15 bits per heavy atom. The molecule has 1 aromatic rings. The van der Waals surface area contributed by atoms with Crippen LogP contribution in [0.3, 0.4) is 0 Å². The maximum absolute atomic E-state index is 11.9. The summed E-state index contributed by atoms with van der Waals surface area (Å²) in [5.41, 5.74) is 1.19. The van der Waals surface area contributed by atoms with Crippen molar-refractivity contribution in [3.63, 3.8) is 0 Å². The number of hydrogen-bond donors (Lipinski definition) is 0. The fraction of sp³-hybridized carbons (Fsp3) is 0.562. The van der Waals surface area contributed by atoms with Gasteiger partial charge in [-0.25, -0.2) is 0 Å². The normalized spacial score (nSPS) is 15.3. The van der Waals surface area contributed by atoms with E-state index in [4.69, 9.17) is 4.74 Å². The highest BCUT2D eigenvalue weighted by Crippen LogP contribution is 2.15. The molecule has 0 radical (unpaired) electrons. The molecular formula is C16H24N2O2. The molecule has 0 N–H and O–H groups in total. The average molecular weight is 276 g/mol. The van der Waals surface area contributed by atoms with Gasteiger partial charge in [0.25, 0.3) is 0 Å². The number of carbonyl (C=O) groups excluding carboxylic acids is 1. The van der Waals surface area contributed by atoms with Crippen LogP contribution in [0.25, 0.3) is 0 Å². The molecule has 1 aliphatic rings. The minimum atomic E-state index is 0.246. The Morgan fingerprint density at radius 1 is 1.40 bits per heavy atom. The Labute approximate surface area is 121 Å². The van der Waals surface area contributed by atoms with Gasteiger partial charge < -0.3 is 14.5 Å². The molecular weight excluding hydrogens is 252 g/mol. The van der Waals surface area contributed by atoms with Crippen LogP contribution in [0.4, 0.5) is 0 Å². The second-order valence-corrected chi connectivity index (χ2v) is 5.68. The van der Waals surface area contributed by atoms with Gasteiger partial charge in [-0.3, -0.25) is 4.79 Å². The molecule has 0 unspecified atom stereocenters. The number of amides is 1. The number of hydrogen-bond acceptors (Lipinski definition) is 3. The van der Waals surface area contributed by atoms with Crippen molar-refractivity contribution in [2.75, 3.05) is 33.8 Å². The SMILES string of the molecule is Cc1cccc(OCCCC(=O)N2CC(N(C)C)C2)c1. The molecule has 4 heteroatoms. The number of aryl methyl sites for hydroxylation is 1. The van der Waals surface area contributed by atoms with E-state index in [0.29, 0.717) is 19.1 Å². The summed E-state index contributed by atoms with van der Waals surface area (Å²) in [5, 5.41) is 0. The lowest BCUT2D eigenvalue weighted by atomic mass is 10.1. The lowest BCUT2D eigenvalue weighted by molar-refractivity contribution is -0.138. The molecule has 1 aliphatic heterocycles. The summed E-state index contributed by atoms with van der Waals surface area (Å²) in [6, 6.07) is 8.52. The molecule has 0 aromatic heterocycles. The molecule has 1 saturated heterocycles. The molecule has 0 aliphatic carbocycles. The summed E-state index contributed by atoms with van der Waals surface area (Å²) in [6.07, 6.45) is 1.35. The van der Waals surface area contributed by atoms with E-state index in [2.05, 4.69) is 19.0 Å². The monoisotopic (exact) mass is 276 g/mol. The van der Waals surface area contributed by atoms with E-state index in [1.165, 1.54) is 5.56 Å². The van der Waals surface area contributed by atoms with Crippen LogP contribution in [-0.2, 0) is 4.79 Å². The van der Waals surface area contributed by atoms with Crippen LogP contribution >= 0.6 is 0 Å². The third kappa shape index (κ3) is 3.97. The van der Waals surface area contributed by atoms with E-state index in [1.54, 1.807) is 0 Å². The third-order valence-electron chi connectivity index (χ3n) is 3.74. The first-order valence-corrected chi connectivity index (χ1v) is 7.20. The lowest BCUT2D eigenvalue weighted by Gasteiger charge is -2.42. The summed E-state index contributed by atoms with van der Waals surface area (Å²) >= 11 is 0. The maximum Gasteiger partial charge on any atom is 0.222 e. The van der Waals surface area contributed by atoms with Gasteiger partial charge in [-0.05, 0) is 45.1 Å². The zero-order chi connectivity index (χ0) is 14.5. The van der Waals surface area contributed by atoms with Crippen LogP contribution in [0.15, 0.2) is 24.3 Å². The van der Waals surface area contributed by atoms with Crippen molar-refractivity contribution in [2.24, 2.45) is 0 Å². The number of benzene rings is 1. The van der Waals surface area contributed by atoms with Crippen molar-refractivity contribution in [1.29, 1.82) is 0 Å². The molecule has 1 heterocycles. The Bertz CT molecular complexity index is 454. The van der Waals surface area contributed by atoms with Crippen LogP contribution in [0.1, 0.15) is 18.4 Å². The average Bonchev–Trinajstić information content (AvgIpc) is 2.32. The summed E-state index contributed by atoms with van der Waals surface area (Å²) < 4.78 is 5.65. The molecule has 4 nitrogen and oxygen atoms in total. The van der Waals surface area contributed by atoms with Gasteiger partial charge in [-0.15, -0.1) is 0 Å². The number of likely N-dealkylation sites (N-methyl/N-ethyl adjacent to an activating group) is 1. The van der Waals surface area contributed by atoms with Crippen LogP contribution in [0, 0.1) is 6.92 Å². The van der Waals surface area contributed by atoms with Gasteiger partial charge in [0.15, 0.2) is 0 Å². The van der Waals surface area contributed by atoms with Crippen LogP contribution in [0.5, 0.6) is 5.75 Å². The van der Waals surface area contributed by atoms with Gasteiger partial charge in [-0.1, -0.05) is 12.1 Å². The Morgan fingerprint density at radius 3 is 2.80 bits per heavy atom. The van der Waals surface area contributed by atoms with Crippen molar-refractivity contribution < 1.29 is 9.53 Å². The van der Waals surface area contributed by atoms with Crippen molar-refractivity contribution in [2.45, 2.75) is 25.8 Å². The van der Waals surface area contributed by atoms with E-state index in [9.17, 15) is 4.79 Å². The zero-order valence-electron chi connectivity index (χ0n) is 12.6. The minimum absolute atomic E-state index is 0.246. The van der Waals surface area contributed by atoms with Crippen molar-refractivity contribution in [3.05, 3.63) is 29.8 Å². The predicted octanol–water partition coefficient (Wildman–Crippen LogP) is 1.93. The van der Waals surface area contributed by atoms with Gasteiger partial charge >= 0.3 is 0 Å². The van der Waals surface area contributed by atoms with Crippen LogP contribution in [0.2, 0.25) is 0 Å². The lowest BCUT2D eigenvalue weighted by Crippen LogP contribution is -2.59. The summed E-state index contributed by atoms with van der Waals surface area (Å²) in [7, 11) is 4.12. The number of rotatable bonds is 6. The number of nitrogens with zero attached hydrogens (tertiary/aromatic N) is 2. The first-order chi connectivity index (χ1) is 9.56. The smallest absolute Gasteiger partial charge is 0.222 e. The highest BCUT2D eigenvalue weighted by atomic mass is 16.5. The van der Waals surface area contributed by atoms with E-state index in [0.717, 1.165) is 25.3 Å². The number of ether oxygens (including phenoxy) is 1. The first kappa shape index (κ1) is 14.9. The Hall–Kier alpha value is -1.55. The molecule has 20 heavy (non-hydrogen) atoms. The molecule has 0 saturated carbocycles. The Kier molecular flexibility index (Phi) is 5.01. The fourth-order valence-corrected chi connectivity index (χ4v) is 2.26. The molecule has 2 rings (SSSR count). The Balaban J connectivity index is 1.61. The molecule has 0 atom stereocenters. The topological polar surface area (TPSA) is 32.8 Å². The highest BCUT2D eigenvalue weighted by Gasteiger charge is 2.31. The molecule has 1 fully saturated rings. The van der Waals surface area contributed by atoms with E-state index < -0.39 is 0 Å². The van der Waals surface area contributed by atoms with E-state index in [-0.39, 0.29) is 5.91 Å². The molecule has 1 amide bonds. The van der Waals surface area contributed by atoms with E-state index >= 15 is 0 Å². The minimum Gasteiger partial charge on any atom is -0.494 e. The molecule has 1 aromatic carbocycles. The van der Waals surface area contributed by atoms with Gasteiger partial charge in [0.05, 0.1) is 6.61 Å². The van der Waals surface area contributed by atoms with Crippen LogP contribution < -0.4 is 4.74 Å². The predicted molar refractivity (Wildman–Crippen MR) is 80.0 cm³/mol. The van der Waals surface area contributed by atoms with Crippen molar-refractivity contribution >= 4 is 5.91 Å². The fourth-order valence-electron chi connectivity index (χ4n) is 2.26. The van der Waals surface area contributed by atoms with Crippen LogP contribution in [-0.4, -0.2) is 55.5 Å². The van der Waals surface area contributed by atoms with Gasteiger partial charge in [-0.2, -0.15) is 0 Å². The van der Waals surface area contributed by atoms with Gasteiger partial charge in [0.2, 0.25) is 5.91 Å². The summed E-state index contributed by atoms with van der Waals surface area (Å²) in [5.74, 6) is 1.13. The second kappa shape index (κ2) is 6.75. The van der Waals surface area contributed by atoms with Crippen molar-refractivity contribution in [1.82, 2.24) is 9.80 Å². The molecule has 110 valence electrons. The highest BCUT2D eigenvalue weighted by molar-refractivity contribution is 5.77. The van der Waals surface area contributed by atoms with Gasteiger partial charge in [0, 0.05) is 25.6 Å². The van der Waals surface area contributed by atoms with Crippen molar-refractivity contribution in [3.8, 4) is 5.75 Å².